The van der Waals surface area contributed by atoms with Crippen LogP contribution < -0.4 is 0 Å². The molecule has 1 aliphatic rings. The van der Waals surface area contributed by atoms with Crippen LogP contribution in [0.15, 0.2) is 47.6 Å². The molecule has 0 atom stereocenters. The predicted molar refractivity (Wildman–Crippen MR) is 89.0 cm³/mol. The summed E-state index contributed by atoms with van der Waals surface area (Å²) in [5.41, 5.74) is 3.12. The number of aryl methyl sites for hydroxylation is 1. The van der Waals surface area contributed by atoms with Gasteiger partial charge in [-0.05, 0) is 48.3 Å². The van der Waals surface area contributed by atoms with Gasteiger partial charge in [-0.25, -0.2) is 17.2 Å². The Morgan fingerprint density at radius 3 is 2.38 bits per heavy atom. The fourth-order valence-electron chi connectivity index (χ4n) is 2.76. The van der Waals surface area contributed by atoms with E-state index in [1.54, 1.807) is 18.5 Å². The Labute approximate surface area is 139 Å². The zero-order valence-electron chi connectivity index (χ0n) is 13.2. The van der Waals surface area contributed by atoms with Crippen LogP contribution in [-0.4, -0.2) is 19.7 Å². The zero-order valence-corrected chi connectivity index (χ0v) is 14.0. The van der Waals surface area contributed by atoms with Gasteiger partial charge in [-0.1, -0.05) is 12.2 Å². The van der Waals surface area contributed by atoms with Gasteiger partial charge in [0.15, 0.2) is 9.84 Å². The molecule has 0 saturated heterocycles. The predicted octanol–water partition coefficient (Wildman–Crippen LogP) is 3.94. The van der Waals surface area contributed by atoms with Gasteiger partial charge in [-0.2, -0.15) is 0 Å². The van der Waals surface area contributed by atoms with Crippen molar-refractivity contribution in [3.63, 3.8) is 0 Å². The van der Waals surface area contributed by atoms with Crippen LogP contribution in [0.4, 0.5) is 8.78 Å². The Bertz CT molecular complexity index is 992. The van der Waals surface area contributed by atoms with Crippen LogP contribution in [0.3, 0.4) is 0 Å². The Balaban J connectivity index is 2.10. The lowest BCUT2D eigenvalue weighted by Crippen LogP contribution is -2.04. The van der Waals surface area contributed by atoms with E-state index in [-0.39, 0.29) is 5.56 Å². The van der Waals surface area contributed by atoms with Crippen molar-refractivity contribution in [1.29, 1.82) is 0 Å². The van der Waals surface area contributed by atoms with E-state index < -0.39 is 26.4 Å². The summed E-state index contributed by atoms with van der Waals surface area (Å²) in [7, 11) is -3.83. The number of nitrogens with zero attached hydrogens (tertiary/aromatic N) is 1. The summed E-state index contributed by atoms with van der Waals surface area (Å²) >= 11 is 0. The summed E-state index contributed by atoms with van der Waals surface area (Å²) in [6, 6.07) is 3.60. The van der Waals surface area contributed by atoms with E-state index in [0.717, 1.165) is 35.1 Å². The first-order valence-corrected chi connectivity index (χ1v) is 9.18. The largest absolute Gasteiger partial charge is 0.264 e. The van der Waals surface area contributed by atoms with Gasteiger partial charge in [0, 0.05) is 29.8 Å². The van der Waals surface area contributed by atoms with E-state index in [9.17, 15) is 17.2 Å². The molecule has 0 aliphatic heterocycles. The molecule has 3 nitrogen and oxygen atoms in total. The lowest BCUT2D eigenvalue weighted by Gasteiger charge is -2.12. The van der Waals surface area contributed by atoms with E-state index >= 15 is 0 Å². The fraction of sp³-hybridized carbons (Fsp3) is 0.167. The van der Waals surface area contributed by atoms with Gasteiger partial charge in [0.2, 0.25) is 0 Å². The number of halogens is 2. The molecule has 1 aromatic heterocycles. The smallest absolute Gasteiger partial charge is 0.178 e. The minimum absolute atomic E-state index is 0.0464. The molecular weight excluding hydrogens is 332 g/mol. The van der Waals surface area contributed by atoms with Crippen molar-refractivity contribution < 1.29 is 17.2 Å². The van der Waals surface area contributed by atoms with Crippen LogP contribution in [0.25, 0.3) is 11.1 Å². The highest BCUT2D eigenvalue weighted by Crippen LogP contribution is 2.38. The van der Waals surface area contributed by atoms with E-state index in [1.165, 1.54) is 0 Å². The highest BCUT2D eigenvalue weighted by Gasteiger charge is 2.22. The van der Waals surface area contributed by atoms with Crippen LogP contribution in [0.1, 0.15) is 23.1 Å². The molecule has 0 fully saturated rings. The molecule has 6 heteroatoms. The third-order valence-electron chi connectivity index (χ3n) is 3.83. The molecule has 0 radical (unpaired) electrons. The molecule has 0 N–H and O–H groups in total. The van der Waals surface area contributed by atoms with E-state index in [4.69, 9.17) is 0 Å². The molecule has 3 rings (SSSR count). The standard InChI is InChI=1S/C18H15F2NO2S/c1-11-6-12(10-21-9-11)13-4-3-5-14(13)15-7-17(20)18(8-16(15)19)24(2,22)23/h4-10H,3H2,1-2H3. The summed E-state index contributed by atoms with van der Waals surface area (Å²) < 4.78 is 51.7. The van der Waals surface area contributed by atoms with E-state index in [0.29, 0.717) is 12.0 Å². The number of pyridine rings is 1. The summed E-state index contributed by atoms with van der Waals surface area (Å²) in [6.45, 7) is 1.90. The summed E-state index contributed by atoms with van der Waals surface area (Å²) in [5, 5.41) is 0. The maximum Gasteiger partial charge on any atom is 0.178 e. The van der Waals surface area contributed by atoms with E-state index in [2.05, 4.69) is 4.98 Å². The molecule has 124 valence electrons. The van der Waals surface area contributed by atoms with Crippen LogP contribution in [0.2, 0.25) is 0 Å². The highest BCUT2D eigenvalue weighted by molar-refractivity contribution is 7.90. The quantitative estimate of drug-likeness (QED) is 0.845. The highest BCUT2D eigenvalue weighted by atomic mass is 32.2. The van der Waals surface area contributed by atoms with Gasteiger partial charge in [0.05, 0.1) is 0 Å². The Hall–Kier alpha value is -2.34. The lowest BCUT2D eigenvalue weighted by atomic mass is 9.95. The van der Waals surface area contributed by atoms with Gasteiger partial charge >= 0.3 is 0 Å². The maximum absolute atomic E-state index is 14.5. The van der Waals surface area contributed by atoms with Crippen LogP contribution in [0.5, 0.6) is 0 Å². The minimum atomic E-state index is -3.83. The third-order valence-corrected chi connectivity index (χ3v) is 4.94. The number of hydrogen-bond donors (Lipinski definition) is 0. The van der Waals surface area contributed by atoms with Crippen molar-refractivity contribution in [1.82, 2.24) is 4.98 Å². The molecule has 0 bridgehead atoms. The first-order chi connectivity index (χ1) is 11.3. The van der Waals surface area contributed by atoms with E-state index in [1.807, 2.05) is 19.1 Å². The molecule has 0 amide bonds. The second kappa shape index (κ2) is 5.94. The second-order valence-electron chi connectivity index (χ2n) is 5.76. The number of rotatable bonds is 3. The van der Waals surface area contributed by atoms with Gasteiger partial charge < -0.3 is 0 Å². The minimum Gasteiger partial charge on any atom is -0.264 e. The van der Waals surface area contributed by atoms with Crippen LogP contribution >= 0.6 is 0 Å². The fourth-order valence-corrected chi connectivity index (χ4v) is 3.50. The molecule has 0 saturated carbocycles. The Kier molecular flexibility index (Phi) is 4.09. The van der Waals surface area contributed by atoms with Gasteiger partial charge in [-0.3, -0.25) is 4.98 Å². The number of benzene rings is 1. The molecule has 0 unspecified atom stereocenters. The SMILES string of the molecule is Cc1cncc(C2=CCC=C2c2cc(F)c(S(C)(=O)=O)cc2F)c1. The first-order valence-electron chi connectivity index (χ1n) is 7.29. The summed E-state index contributed by atoms with van der Waals surface area (Å²) in [6.07, 6.45) is 8.51. The van der Waals surface area contributed by atoms with Crippen molar-refractivity contribution in [2.75, 3.05) is 6.26 Å². The van der Waals surface area contributed by atoms with Crippen molar-refractivity contribution >= 4 is 21.0 Å². The normalized spacial score (nSPS) is 14.5. The number of allylic oxidation sites excluding steroid dienone is 4. The number of hydrogen-bond acceptors (Lipinski definition) is 3. The first kappa shape index (κ1) is 16.5. The third kappa shape index (κ3) is 3.01. The average Bonchev–Trinajstić information content (AvgIpc) is 2.97. The van der Waals surface area contributed by atoms with Crippen molar-refractivity contribution in [3.8, 4) is 0 Å². The average molecular weight is 347 g/mol. The molecule has 1 aromatic carbocycles. The topological polar surface area (TPSA) is 47.0 Å². The number of sulfone groups is 1. The maximum atomic E-state index is 14.5. The lowest BCUT2D eigenvalue weighted by molar-refractivity contribution is 0.554. The van der Waals surface area contributed by atoms with Crippen LogP contribution in [-0.2, 0) is 9.84 Å². The van der Waals surface area contributed by atoms with Crippen molar-refractivity contribution in [2.45, 2.75) is 18.2 Å². The molecule has 1 heterocycles. The monoisotopic (exact) mass is 347 g/mol. The second-order valence-corrected chi connectivity index (χ2v) is 7.74. The molecule has 0 spiro atoms. The molecule has 24 heavy (non-hydrogen) atoms. The Morgan fingerprint density at radius 1 is 1.00 bits per heavy atom. The number of aromatic nitrogens is 1. The summed E-state index contributed by atoms with van der Waals surface area (Å²) in [4.78, 5) is 3.49. The zero-order chi connectivity index (χ0) is 17.5. The van der Waals surface area contributed by atoms with Crippen molar-refractivity contribution in [3.05, 3.63) is 71.1 Å². The molecule has 2 aromatic rings. The summed E-state index contributed by atoms with van der Waals surface area (Å²) in [5.74, 6) is -1.72. The van der Waals surface area contributed by atoms with Crippen molar-refractivity contribution in [2.24, 2.45) is 0 Å². The molecule has 1 aliphatic carbocycles. The van der Waals surface area contributed by atoms with Gasteiger partial charge in [-0.15, -0.1) is 0 Å². The molecular formula is C18H15F2NO2S. The van der Waals surface area contributed by atoms with Gasteiger partial charge in [0.25, 0.3) is 0 Å². The van der Waals surface area contributed by atoms with Crippen LogP contribution in [0, 0.1) is 18.6 Å². The Morgan fingerprint density at radius 2 is 1.71 bits per heavy atom. The van der Waals surface area contributed by atoms with Gasteiger partial charge in [0.1, 0.15) is 16.5 Å².